The molecule has 3 rings (SSSR count). The molecular formula is C26H29ClN2O7. The second-order valence-corrected chi connectivity index (χ2v) is 9.15. The molecule has 1 aliphatic heterocycles. The Kier molecular flexibility index (Phi) is 9.30. The third-order valence-electron chi connectivity index (χ3n) is 5.87. The quantitative estimate of drug-likeness (QED) is 0.265. The lowest BCUT2D eigenvalue weighted by Crippen LogP contribution is -2.48. The van der Waals surface area contributed by atoms with Crippen molar-refractivity contribution >= 4 is 35.4 Å². The first kappa shape index (κ1) is 27.0. The van der Waals surface area contributed by atoms with Gasteiger partial charge in [0.2, 0.25) is 5.91 Å². The van der Waals surface area contributed by atoms with E-state index >= 15 is 0 Å². The van der Waals surface area contributed by atoms with Crippen LogP contribution in [0.3, 0.4) is 0 Å². The lowest BCUT2D eigenvalue weighted by atomic mass is 9.95. The molecule has 1 unspecified atom stereocenters. The largest absolute Gasteiger partial charge is 0.506 e. The molecule has 0 bridgehead atoms. The van der Waals surface area contributed by atoms with E-state index in [4.69, 9.17) is 21.4 Å². The molecule has 0 saturated heterocycles. The highest BCUT2D eigenvalue weighted by Crippen LogP contribution is 2.36. The molecule has 0 aliphatic carbocycles. The number of halogens is 1. The zero-order valence-electron chi connectivity index (χ0n) is 19.9. The van der Waals surface area contributed by atoms with E-state index in [2.05, 4.69) is 10.6 Å². The molecule has 0 spiro atoms. The van der Waals surface area contributed by atoms with Crippen LogP contribution in [0.5, 0.6) is 5.75 Å². The molecule has 0 radical (unpaired) electrons. The zero-order valence-corrected chi connectivity index (χ0v) is 20.6. The Balaban J connectivity index is 1.75. The molecule has 9 nitrogen and oxygen atoms in total. The summed E-state index contributed by atoms with van der Waals surface area (Å²) in [5.74, 6) is -3.36. The molecule has 192 valence electrons. The number of phenolic OH excluding ortho intramolecular Hbond substituents is 1. The van der Waals surface area contributed by atoms with Crippen molar-refractivity contribution in [3.8, 4) is 5.75 Å². The number of ether oxygens (including phenoxy) is 1. The minimum Gasteiger partial charge on any atom is -0.506 e. The first-order valence-corrected chi connectivity index (χ1v) is 12.1. The van der Waals surface area contributed by atoms with Crippen molar-refractivity contribution in [2.75, 3.05) is 6.54 Å². The Labute approximate surface area is 213 Å². The fourth-order valence-electron chi connectivity index (χ4n) is 4.05. The molecule has 2 aromatic rings. The number of esters is 1. The van der Waals surface area contributed by atoms with Crippen molar-refractivity contribution < 1.29 is 34.1 Å². The van der Waals surface area contributed by atoms with Crippen LogP contribution in [0.25, 0.3) is 0 Å². The molecular weight excluding hydrogens is 488 g/mol. The summed E-state index contributed by atoms with van der Waals surface area (Å²) in [5, 5.41) is 25.0. The van der Waals surface area contributed by atoms with Gasteiger partial charge in [0.05, 0.1) is 5.56 Å². The molecule has 2 amide bonds. The molecule has 36 heavy (non-hydrogen) atoms. The molecule has 2 aromatic carbocycles. The number of carbonyl (C=O) groups excluding carboxylic acids is 3. The van der Waals surface area contributed by atoms with Crippen LogP contribution in [0.4, 0.5) is 0 Å². The first-order chi connectivity index (χ1) is 17.2. The normalized spacial score (nSPS) is 15.4. The second kappa shape index (κ2) is 12.4. The molecule has 0 fully saturated rings. The number of phenols is 1. The highest BCUT2D eigenvalue weighted by atomic mass is 35.5. The first-order valence-electron chi connectivity index (χ1n) is 11.8. The van der Waals surface area contributed by atoms with Crippen molar-refractivity contribution in [1.29, 1.82) is 0 Å². The maximum Gasteiger partial charge on any atom is 0.342 e. The standard InChI is InChI=1S/C26H29ClN2O7/c1-15-12-17-19(27)14-18(23(32)22(17)26(35)36-15)24(33)29-20(13-16-8-4-2-5-9-16)25(34)28-11-7-3-6-10-21(30)31/h2,4-5,8-9,14-15,20,32H,3,6-7,10-13H2,1H3,(H,28,34)(H,29,33)(H,30,31)/t15?,20-/m0/s1. The minimum absolute atomic E-state index is 0.0694. The highest BCUT2D eigenvalue weighted by molar-refractivity contribution is 6.32. The molecule has 1 aliphatic rings. The number of rotatable bonds is 11. The summed E-state index contributed by atoms with van der Waals surface area (Å²) in [6, 6.07) is 9.43. The van der Waals surface area contributed by atoms with Gasteiger partial charge in [-0.05, 0) is 37.0 Å². The van der Waals surface area contributed by atoms with E-state index in [-0.39, 0.29) is 29.0 Å². The maximum atomic E-state index is 13.1. The summed E-state index contributed by atoms with van der Waals surface area (Å²) in [7, 11) is 0. The van der Waals surface area contributed by atoms with E-state index in [1.54, 1.807) is 6.92 Å². The lowest BCUT2D eigenvalue weighted by molar-refractivity contribution is -0.137. The van der Waals surface area contributed by atoms with E-state index in [0.717, 1.165) is 5.56 Å². The smallest absolute Gasteiger partial charge is 0.342 e. The fraction of sp³-hybridized carbons (Fsp3) is 0.385. The number of unbranched alkanes of at least 4 members (excludes halogenated alkanes) is 2. The van der Waals surface area contributed by atoms with Crippen molar-refractivity contribution in [2.45, 2.75) is 57.6 Å². The topological polar surface area (TPSA) is 142 Å². The second-order valence-electron chi connectivity index (χ2n) is 8.74. The van der Waals surface area contributed by atoms with Gasteiger partial charge in [0.1, 0.15) is 23.5 Å². The number of carbonyl (C=O) groups is 4. The number of benzene rings is 2. The van der Waals surface area contributed by atoms with Gasteiger partial charge in [0.25, 0.3) is 5.91 Å². The van der Waals surface area contributed by atoms with E-state index < -0.39 is 41.6 Å². The van der Waals surface area contributed by atoms with Crippen LogP contribution < -0.4 is 10.6 Å². The number of aromatic hydroxyl groups is 1. The minimum atomic E-state index is -0.972. The van der Waals surface area contributed by atoms with Crippen molar-refractivity contribution in [3.63, 3.8) is 0 Å². The van der Waals surface area contributed by atoms with Crippen LogP contribution in [0.1, 0.15) is 64.4 Å². The fourth-order valence-corrected chi connectivity index (χ4v) is 4.33. The van der Waals surface area contributed by atoms with E-state index in [0.29, 0.717) is 37.8 Å². The number of amides is 2. The summed E-state index contributed by atoms with van der Waals surface area (Å²) in [4.78, 5) is 49.1. The summed E-state index contributed by atoms with van der Waals surface area (Å²) in [6.45, 7) is 2.02. The van der Waals surface area contributed by atoms with Gasteiger partial charge >= 0.3 is 11.9 Å². The van der Waals surface area contributed by atoms with Gasteiger partial charge in [-0.15, -0.1) is 0 Å². The molecule has 4 N–H and O–H groups in total. The van der Waals surface area contributed by atoms with Crippen molar-refractivity contribution in [3.05, 3.63) is 63.7 Å². The third-order valence-corrected chi connectivity index (χ3v) is 6.21. The van der Waals surface area contributed by atoms with Gasteiger partial charge in [-0.3, -0.25) is 14.4 Å². The van der Waals surface area contributed by atoms with Gasteiger partial charge in [-0.2, -0.15) is 0 Å². The average Bonchev–Trinajstić information content (AvgIpc) is 2.83. The Morgan fingerprint density at radius 1 is 1.17 bits per heavy atom. The maximum absolute atomic E-state index is 13.1. The monoisotopic (exact) mass is 516 g/mol. The average molecular weight is 517 g/mol. The van der Waals surface area contributed by atoms with Gasteiger partial charge in [-0.25, -0.2) is 4.79 Å². The Morgan fingerprint density at radius 3 is 2.58 bits per heavy atom. The number of hydrogen-bond donors (Lipinski definition) is 4. The Bertz CT molecular complexity index is 1140. The number of carboxylic acid groups (broad SMARTS) is 1. The van der Waals surface area contributed by atoms with Crippen LogP contribution in [0.15, 0.2) is 36.4 Å². The summed E-state index contributed by atoms with van der Waals surface area (Å²) in [6.07, 6.45) is 1.89. The van der Waals surface area contributed by atoms with Gasteiger partial charge in [0, 0.05) is 30.8 Å². The van der Waals surface area contributed by atoms with E-state index in [1.165, 1.54) is 6.07 Å². The van der Waals surface area contributed by atoms with Crippen LogP contribution in [-0.2, 0) is 27.2 Å². The predicted molar refractivity (Wildman–Crippen MR) is 132 cm³/mol. The molecule has 10 heteroatoms. The highest BCUT2D eigenvalue weighted by Gasteiger charge is 2.33. The van der Waals surface area contributed by atoms with Gasteiger partial charge < -0.3 is 25.6 Å². The summed E-state index contributed by atoms with van der Waals surface area (Å²) in [5.41, 5.74) is 0.849. The Morgan fingerprint density at radius 2 is 1.89 bits per heavy atom. The zero-order chi connectivity index (χ0) is 26.2. The number of fused-ring (bicyclic) bond motifs is 1. The van der Waals surface area contributed by atoms with Crippen molar-refractivity contribution in [2.24, 2.45) is 0 Å². The van der Waals surface area contributed by atoms with E-state index in [9.17, 15) is 24.3 Å². The number of cyclic esters (lactones) is 1. The molecule has 1 heterocycles. The molecule has 0 aromatic heterocycles. The van der Waals surface area contributed by atoms with E-state index in [1.807, 2.05) is 30.3 Å². The third kappa shape index (κ3) is 6.97. The Hall–Kier alpha value is -3.59. The van der Waals surface area contributed by atoms with Crippen LogP contribution >= 0.6 is 11.6 Å². The number of nitrogens with one attached hydrogen (secondary N) is 2. The van der Waals surface area contributed by atoms with Crippen LogP contribution in [0, 0.1) is 0 Å². The molecule has 2 atom stereocenters. The SMILES string of the molecule is CC1Cc2c(Cl)cc(C(=O)N[C@@H](Cc3ccccc3)C(=O)NCCCCCC(=O)O)c(O)c2C(=O)O1. The van der Waals surface area contributed by atoms with Crippen LogP contribution in [0.2, 0.25) is 5.02 Å². The van der Waals surface area contributed by atoms with Crippen molar-refractivity contribution in [1.82, 2.24) is 10.6 Å². The summed E-state index contributed by atoms with van der Waals surface area (Å²) < 4.78 is 5.18. The lowest BCUT2D eigenvalue weighted by Gasteiger charge is -2.25. The predicted octanol–water partition coefficient (Wildman–Crippen LogP) is 3.25. The van der Waals surface area contributed by atoms with Gasteiger partial charge in [-0.1, -0.05) is 48.4 Å². The summed E-state index contributed by atoms with van der Waals surface area (Å²) >= 11 is 6.34. The van der Waals surface area contributed by atoms with Gasteiger partial charge in [0.15, 0.2) is 0 Å². The number of aliphatic carboxylic acids is 1. The molecule has 0 saturated carbocycles. The van der Waals surface area contributed by atoms with Crippen LogP contribution in [-0.4, -0.2) is 52.7 Å². The number of hydrogen-bond acceptors (Lipinski definition) is 6. The number of carboxylic acids is 1.